The molecule has 4 nitrogen and oxygen atoms in total. The van der Waals surface area contributed by atoms with E-state index in [4.69, 9.17) is 25.8 Å². The Hall–Kier alpha value is -0.970. The summed E-state index contributed by atoms with van der Waals surface area (Å²) in [5, 5.41) is 3.89. The van der Waals surface area contributed by atoms with Crippen LogP contribution in [0.25, 0.3) is 0 Å². The number of rotatable bonds is 9. The molecule has 0 saturated heterocycles. The summed E-state index contributed by atoms with van der Waals surface area (Å²) >= 11 is 6.02. The Kier molecular flexibility index (Phi) is 7.57. The highest BCUT2D eigenvalue weighted by molar-refractivity contribution is 6.32. The zero-order valence-corrected chi connectivity index (χ0v) is 11.6. The van der Waals surface area contributed by atoms with Gasteiger partial charge in [-0.25, -0.2) is 0 Å². The summed E-state index contributed by atoms with van der Waals surface area (Å²) in [7, 11) is 3.27. The number of nitrogens with one attached hydrogen (secondary N) is 1. The van der Waals surface area contributed by atoms with Crippen molar-refractivity contribution in [2.24, 2.45) is 0 Å². The standard InChI is InChI=1S/C13H20ClNO3/c1-16-8-9-18-7-3-6-15-11-4-5-13(17-2)12(14)10-11/h4-5,10,15H,3,6-9H2,1-2H3. The van der Waals surface area contributed by atoms with E-state index in [0.29, 0.717) is 24.0 Å². The Morgan fingerprint density at radius 3 is 2.67 bits per heavy atom. The first-order valence-electron chi connectivity index (χ1n) is 5.92. The van der Waals surface area contributed by atoms with Crippen molar-refractivity contribution in [3.05, 3.63) is 23.2 Å². The van der Waals surface area contributed by atoms with Crippen LogP contribution in [0.15, 0.2) is 18.2 Å². The third kappa shape index (κ3) is 5.58. The fourth-order valence-electron chi connectivity index (χ4n) is 1.43. The second-order valence-electron chi connectivity index (χ2n) is 3.73. The fraction of sp³-hybridized carbons (Fsp3) is 0.538. The van der Waals surface area contributed by atoms with Crippen molar-refractivity contribution in [1.29, 1.82) is 0 Å². The summed E-state index contributed by atoms with van der Waals surface area (Å²) in [6.07, 6.45) is 0.938. The van der Waals surface area contributed by atoms with E-state index in [-0.39, 0.29) is 0 Å². The van der Waals surface area contributed by atoms with Gasteiger partial charge in [-0.2, -0.15) is 0 Å². The van der Waals surface area contributed by atoms with Crippen LogP contribution >= 0.6 is 11.6 Å². The lowest BCUT2D eigenvalue weighted by Crippen LogP contribution is -2.08. The van der Waals surface area contributed by atoms with Gasteiger partial charge in [-0.15, -0.1) is 0 Å². The van der Waals surface area contributed by atoms with Crippen LogP contribution in [0.4, 0.5) is 5.69 Å². The number of halogens is 1. The highest BCUT2D eigenvalue weighted by Gasteiger charge is 2.00. The fourth-order valence-corrected chi connectivity index (χ4v) is 1.69. The van der Waals surface area contributed by atoms with Gasteiger partial charge >= 0.3 is 0 Å². The highest BCUT2D eigenvalue weighted by atomic mass is 35.5. The molecule has 102 valence electrons. The maximum absolute atomic E-state index is 6.02. The normalized spacial score (nSPS) is 10.4. The third-order valence-electron chi connectivity index (χ3n) is 2.38. The topological polar surface area (TPSA) is 39.7 Å². The average molecular weight is 274 g/mol. The Morgan fingerprint density at radius 2 is 2.00 bits per heavy atom. The van der Waals surface area contributed by atoms with Crippen LogP contribution in [0, 0.1) is 0 Å². The summed E-state index contributed by atoms with van der Waals surface area (Å²) in [6, 6.07) is 5.64. The second kappa shape index (κ2) is 9.03. The second-order valence-corrected chi connectivity index (χ2v) is 4.14. The molecule has 0 aliphatic rings. The molecule has 0 atom stereocenters. The molecule has 18 heavy (non-hydrogen) atoms. The van der Waals surface area contributed by atoms with Gasteiger partial charge in [0.25, 0.3) is 0 Å². The van der Waals surface area contributed by atoms with Crippen LogP contribution in [0.3, 0.4) is 0 Å². The molecule has 1 rings (SSSR count). The predicted molar refractivity (Wildman–Crippen MR) is 73.8 cm³/mol. The van der Waals surface area contributed by atoms with Crippen molar-refractivity contribution in [3.8, 4) is 5.75 Å². The molecular weight excluding hydrogens is 254 g/mol. The van der Waals surface area contributed by atoms with E-state index < -0.39 is 0 Å². The van der Waals surface area contributed by atoms with Crippen molar-refractivity contribution < 1.29 is 14.2 Å². The number of hydrogen-bond donors (Lipinski definition) is 1. The van der Waals surface area contributed by atoms with E-state index in [1.54, 1.807) is 14.2 Å². The van der Waals surface area contributed by atoms with Gasteiger partial charge in [0.1, 0.15) is 5.75 Å². The van der Waals surface area contributed by atoms with Gasteiger partial charge in [0.05, 0.1) is 25.3 Å². The minimum atomic E-state index is 0.610. The largest absolute Gasteiger partial charge is 0.495 e. The van der Waals surface area contributed by atoms with Crippen LogP contribution in [0.1, 0.15) is 6.42 Å². The molecule has 0 amide bonds. The molecule has 1 aromatic rings. The Balaban J connectivity index is 2.17. The van der Waals surface area contributed by atoms with Crippen LogP contribution in [0.5, 0.6) is 5.75 Å². The first-order valence-corrected chi connectivity index (χ1v) is 6.30. The molecule has 0 aromatic heterocycles. The molecule has 1 N–H and O–H groups in total. The monoisotopic (exact) mass is 273 g/mol. The number of anilines is 1. The zero-order valence-electron chi connectivity index (χ0n) is 10.9. The molecule has 1 aromatic carbocycles. The molecule has 5 heteroatoms. The minimum Gasteiger partial charge on any atom is -0.495 e. The Morgan fingerprint density at radius 1 is 1.17 bits per heavy atom. The third-order valence-corrected chi connectivity index (χ3v) is 2.67. The van der Waals surface area contributed by atoms with Crippen LogP contribution in [0.2, 0.25) is 5.02 Å². The molecule has 0 fully saturated rings. The SMILES string of the molecule is COCCOCCCNc1ccc(OC)c(Cl)c1. The number of ether oxygens (including phenoxy) is 3. The average Bonchev–Trinajstić information content (AvgIpc) is 2.38. The van der Waals surface area contributed by atoms with Crippen molar-refractivity contribution >= 4 is 17.3 Å². The molecule has 0 unspecified atom stereocenters. The maximum atomic E-state index is 6.02. The van der Waals surface area contributed by atoms with E-state index in [1.165, 1.54) is 0 Å². The van der Waals surface area contributed by atoms with Crippen molar-refractivity contribution in [3.63, 3.8) is 0 Å². The first-order chi connectivity index (χ1) is 8.77. The summed E-state index contributed by atoms with van der Waals surface area (Å²) in [4.78, 5) is 0. The lowest BCUT2D eigenvalue weighted by Gasteiger charge is -2.09. The van der Waals surface area contributed by atoms with Gasteiger partial charge in [-0.1, -0.05) is 11.6 Å². The van der Waals surface area contributed by atoms with Crippen molar-refractivity contribution in [2.75, 3.05) is 45.9 Å². The summed E-state index contributed by atoms with van der Waals surface area (Å²) in [6.45, 7) is 2.85. The van der Waals surface area contributed by atoms with Gasteiger partial charge in [0.15, 0.2) is 0 Å². The van der Waals surface area contributed by atoms with Crippen LogP contribution in [-0.2, 0) is 9.47 Å². The first kappa shape index (κ1) is 15.1. The summed E-state index contributed by atoms with van der Waals surface area (Å²) in [5.74, 6) is 0.685. The summed E-state index contributed by atoms with van der Waals surface area (Å²) < 4.78 is 15.3. The molecule has 0 bridgehead atoms. The Labute approximate surface area is 113 Å². The van der Waals surface area contributed by atoms with E-state index >= 15 is 0 Å². The van der Waals surface area contributed by atoms with E-state index in [2.05, 4.69) is 5.32 Å². The quantitative estimate of drug-likeness (QED) is 0.703. The van der Waals surface area contributed by atoms with Gasteiger partial charge < -0.3 is 19.5 Å². The van der Waals surface area contributed by atoms with Gasteiger partial charge in [0.2, 0.25) is 0 Å². The molecule has 0 heterocycles. The molecule has 0 aliphatic carbocycles. The number of hydrogen-bond acceptors (Lipinski definition) is 4. The van der Waals surface area contributed by atoms with Gasteiger partial charge in [-0.3, -0.25) is 0 Å². The lowest BCUT2D eigenvalue weighted by atomic mass is 10.3. The minimum absolute atomic E-state index is 0.610. The zero-order chi connectivity index (χ0) is 13.2. The predicted octanol–water partition coefficient (Wildman–Crippen LogP) is 2.81. The van der Waals surface area contributed by atoms with Gasteiger partial charge in [0, 0.05) is 25.9 Å². The van der Waals surface area contributed by atoms with Crippen LogP contribution in [-0.4, -0.2) is 40.6 Å². The van der Waals surface area contributed by atoms with Crippen molar-refractivity contribution in [2.45, 2.75) is 6.42 Å². The van der Waals surface area contributed by atoms with E-state index in [9.17, 15) is 0 Å². The lowest BCUT2D eigenvalue weighted by molar-refractivity contribution is 0.0705. The summed E-state index contributed by atoms with van der Waals surface area (Å²) in [5.41, 5.74) is 0.984. The van der Waals surface area contributed by atoms with Gasteiger partial charge in [-0.05, 0) is 24.6 Å². The molecule has 0 spiro atoms. The van der Waals surface area contributed by atoms with Crippen LogP contribution < -0.4 is 10.1 Å². The van der Waals surface area contributed by atoms with Crippen molar-refractivity contribution in [1.82, 2.24) is 0 Å². The molecule has 0 aliphatic heterocycles. The molecule has 0 radical (unpaired) electrons. The van der Waals surface area contributed by atoms with E-state index in [0.717, 1.165) is 25.3 Å². The molecule has 0 saturated carbocycles. The highest BCUT2D eigenvalue weighted by Crippen LogP contribution is 2.26. The van der Waals surface area contributed by atoms with E-state index in [1.807, 2.05) is 18.2 Å². The Bertz CT molecular complexity index is 347. The number of benzene rings is 1. The molecular formula is C13H20ClNO3. The maximum Gasteiger partial charge on any atom is 0.137 e. The smallest absolute Gasteiger partial charge is 0.137 e. The number of methoxy groups -OCH3 is 2.